The molecule has 0 aromatic heterocycles. The van der Waals surface area contributed by atoms with Crippen LogP contribution in [0.1, 0.15) is 93.9 Å². The molecule has 70 heavy (non-hydrogen) atoms. The lowest BCUT2D eigenvalue weighted by molar-refractivity contribution is -0.136. The molecule has 0 saturated carbocycles. The van der Waals surface area contributed by atoms with Gasteiger partial charge in [-0.05, 0) is 50.2 Å². The van der Waals surface area contributed by atoms with Gasteiger partial charge in [-0.15, -0.1) is 0 Å². The van der Waals surface area contributed by atoms with Crippen molar-refractivity contribution in [3.8, 4) is 6.57 Å². The summed E-state index contributed by atoms with van der Waals surface area (Å²) in [6, 6.07) is 0.866. The van der Waals surface area contributed by atoms with Crippen LogP contribution >= 0.6 is 0 Å². The highest BCUT2D eigenvalue weighted by atomic mass is 16.6. The summed E-state index contributed by atoms with van der Waals surface area (Å²) < 4.78 is 27.6. The lowest BCUT2D eigenvalue weighted by Crippen LogP contribution is -2.58. The number of rotatable bonds is 32. The van der Waals surface area contributed by atoms with Crippen LogP contribution in [0.25, 0.3) is 4.85 Å². The summed E-state index contributed by atoms with van der Waals surface area (Å²) >= 11 is 0. The van der Waals surface area contributed by atoms with Crippen LogP contribution in [0.4, 0.5) is 5.69 Å². The van der Waals surface area contributed by atoms with Gasteiger partial charge < -0.3 is 50.3 Å². The molecule has 1 aromatic rings. The molecule has 0 radical (unpaired) electrons. The van der Waals surface area contributed by atoms with E-state index >= 15 is 0 Å². The smallest absolute Gasteiger partial charge is 0.347 e. The topological polar surface area (TPSA) is 292 Å². The summed E-state index contributed by atoms with van der Waals surface area (Å²) in [6.07, 6.45) is 0.403. The standard InChI is InChI=1S/C47H69N9O14/c1-28(2)26-34(43(61)53-36(48-6)27-31-12-14-50-42(31)60)52-45(63)40(29(3)4)55-41(59)30(5)51-38(58)13-16-66-18-20-68-22-24-70-25-23-69-21-19-67-17-15-49-33-9-7-8-32-39(33)47(65)56(46(32)64)35-10-11-37(57)54-44(35)62/h6-9,28-31,34-36,40H,10-27H2,1-5H3,(H6-,49,50,51,52,53,54,55,57,58,59,60,61,62,63,65)/p+1/t30-,31-,34-,35?,36-,40-/m0/s1. The summed E-state index contributed by atoms with van der Waals surface area (Å²) in [4.78, 5) is 119. The molecule has 1 unspecified atom stereocenters. The average Bonchev–Trinajstić information content (AvgIpc) is 3.84. The van der Waals surface area contributed by atoms with Crippen molar-refractivity contribution in [1.82, 2.24) is 36.8 Å². The van der Waals surface area contributed by atoms with Crippen molar-refractivity contribution in [1.29, 1.82) is 0 Å². The zero-order valence-corrected chi connectivity index (χ0v) is 40.8. The van der Waals surface area contributed by atoms with E-state index in [9.17, 15) is 43.2 Å². The number of ether oxygens (including phenoxy) is 5. The Morgan fingerprint density at radius 1 is 0.743 bits per heavy atom. The maximum atomic E-state index is 13.5. The molecule has 4 rings (SSSR count). The molecule has 0 bridgehead atoms. The zero-order chi connectivity index (χ0) is 51.2. The fraction of sp³-hybridized carbons (Fsp3) is 0.660. The molecule has 23 nitrogen and oxygen atoms in total. The molecule has 2 saturated heterocycles. The Hall–Kier alpha value is -6.06. The van der Waals surface area contributed by atoms with Crippen LogP contribution in [0, 0.1) is 24.3 Å². The fourth-order valence-electron chi connectivity index (χ4n) is 7.78. The predicted molar refractivity (Wildman–Crippen MR) is 252 cm³/mol. The van der Waals surface area contributed by atoms with Crippen molar-refractivity contribution in [3.05, 3.63) is 34.2 Å². The van der Waals surface area contributed by atoms with Gasteiger partial charge >= 0.3 is 6.17 Å². The second kappa shape index (κ2) is 29.2. The highest BCUT2D eigenvalue weighted by molar-refractivity contribution is 6.25. The maximum Gasteiger partial charge on any atom is 0.347 e. The number of amides is 9. The van der Waals surface area contributed by atoms with E-state index in [1.165, 1.54) is 13.0 Å². The van der Waals surface area contributed by atoms with E-state index in [0.29, 0.717) is 77.9 Å². The van der Waals surface area contributed by atoms with Gasteiger partial charge in [-0.25, -0.2) is 0 Å². The number of nitrogens with zero attached hydrogens (tertiary/aromatic N) is 2. The SMILES string of the molecule is C#[N+][C@H](C[C@@H]1CCNC1=O)NC(=O)[C@H](CC(C)C)NC(=O)[C@@H](NC(=O)[C@H](C)NC(=O)CCOCCOCCOCCOCCOCCNc1cccc2c1C(=O)N(C1CCC(=O)NC1=O)C2=O)C(C)C. The van der Waals surface area contributed by atoms with Crippen molar-refractivity contribution < 1.29 is 66.8 Å². The lowest BCUT2D eigenvalue weighted by Gasteiger charge is -2.27. The molecule has 9 amide bonds. The Morgan fingerprint density at radius 3 is 1.94 bits per heavy atom. The Balaban J connectivity index is 0.988. The van der Waals surface area contributed by atoms with E-state index in [-0.39, 0.29) is 80.3 Å². The molecule has 7 N–H and O–H groups in total. The third kappa shape index (κ3) is 17.7. The van der Waals surface area contributed by atoms with E-state index in [4.69, 9.17) is 30.3 Å². The van der Waals surface area contributed by atoms with Gasteiger partial charge in [0.1, 0.15) is 24.2 Å². The first-order valence-corrected chi connectivity index (χ1v) is 23.9. The number of carbonyl (C=O) groups excluding carboxylic acids is 9. The molecule has 386 valence electrons. The van der Waals surface area contributed by atoms with Gasteiger partial charge in [-0.2, -0.15) is 0 Å². The monoisotopic (exact) mass is 985 g/mol. The van der Waals surface area contributed by atoms with E-state index in [0.717, 1.165) is 4.90 Å². The average molecular weight is 985 g/mol. The molecule has 3 aliphatic heterocycles. The van der Waals surface area contributed by atoms with Crippen LogP contribution in [0.15, 0.2) is 18.2 Å². The largest absolute Gasteiger partial charge is 0.382 e. The molecule has 6 atom stereocenters. The number of imide groups is 2. The number of carbonyl (C=O) groups is 9. The van der Waals surface area contributed by atoms with Crippen molar-refractivity contribution in [3.63, 3.8) is 0 Å². The van der Waals surface area contributed by atoms with Crippen LogP contribution in [-0.2, 0) is 57.2 Å². The van der Waals surface area contributed by atoms with Crippen molar-refractivity contribution in [2.75, 3.05) is 84.5 Å². The lowest BCUT2D eigenvalue weighted by atomic mass is 9.99. The highest BCUT2D eigenvalue weighted by Gasteiger charge is 2.45. The van der Waals surface area contributed by atoms with E-state index in [2.05, 4.69) is 42.1 Å². The zero-order valence-electron chi connectivity index (χ0n) is 40.8. The van der Waals surface area contributed by atoms with Crippen molar-refractivity contribution in [2.24, 2.45) is 17.8 Å². The Labute approximate surface area is 408 Å². The van der Waals surface area contributed by atoms with E-state index in [1.807, 2.05) is 13.8 Å². The van der Waals surface area contributed by atoms with E-state index in [1.54, 1.807) is 26.0 Å². The van der Waals surface area contributed by atoms with Crippen LogP contribution in [0.2, 0.25) is 0 Å². The summed E-state index contributed by atoms with van der Waals surface area (Å²) in [5, 5.41) is 18.8. The van der Waals surface area contributed by atoms with Crippen LogP contribution in [0.3, 0.4) is 0 Å². The molecule has 2 fully saturated rings. The first-order chi connectivity index (χ1) is 33.5. The molecule has 23 heteroatoms. The molecule has 3 heterocycles. The minimum absolute atomic E-state index is 0.0144. The number of nitrogens with one attached hydrogen (secondary N) is 7. The number of benzene rings is 1. The van der Waals surface area contributed by atoms with Gasteiger partial charge in [-0.1, -0.05) is 38.6 Å². The summed E-state index contributed by atoms with van der Waals surface area (Å²) in [5.74, 6) is -5.16. The summed E-state index contributed by atoms with van der Waals surface area (Å²) in [5.41, 5.74) is 0.816. The van der Waals surface area contributed by atoms with Gasteiger partial charge in [0.2, 0.25) is 41.4 Å². The van der Waals surface area contributed by atoms with Gasteiger partial charge in [0.15, 0.2) is 0 Å². The normalized spacial score (nSPS) is 18.4. The second-order valence-electron chi connectivity index (χ2n) is 17.8. The van der Waals surface area contributed by atoms with Gasteiger partial charge in [0, 0.05) is 37.5 Å². The molecule has 1 aromatic carbocycles. The number of hydrogen-bond acceptors (Lipinski definition) is 15. The van der Waals surface area contributed by atoms with Gasteiger partial charge in [0.05, 0.1) is 83.6 Å². The Kier molecular flexibility index (Phi) is 23.6. The quantitative estimate of drug-likeness (QED) is 0.0372. The van der Waals surface area contributed by atoms with Gasteiger partial charge in [-0.3, -0.25) is 58.7 Å². The fourth-order valence-corrected chi connectivity index (χ4v) is 7.78. The van der Waals surface area contributed by atoms with Crippen LogP contribution in [-0.4, -0.2) is 168 Å². The summed E-state index contributed by atoms with van der Waals surface area (Å²) in [7, 11) is 0. The Morgan fingerprint density at radius 2 is 1.37 bits per heavy atom. The van der Waals surface area contributed by atoms with Crippen LogP contribution < -0.4 is 37.2 Å². The number of piperidine rings is 1. The first kappa shape index (κ1) is 56.5. The third-order valence-electron chi connectivity index (χ3n) is 11.5. The molecular weight excluding hydrogens is 915 g/mol. The molecule has 0 spiro atoms. The number of fused-ring (bicyclic) bond motifs is 1. The highest BCUT2D eigenvalue weighted by Crippen LogP contribution is 2.32. The van der Waals surface area contributed by atoms with Crippen LogP contribution in [0.5, 0.6) is 0 Å². The van der Waals surface area contributed by atoms with E-state index < -0.39 is 77.6 Å². The summed E-state index contributed by atoms with van der Waals surface area (Å²) in [6.45, 7) is 18.1. The first-order valence-electron chi connectivity index (χ1n) is 23.9. The minimum Gasteiger partial charge on any atom is -0.382 e. The maximum absolute atomic E-state index is 13.5. The molecule has 3 aliphatic rings. The van der Waals surface area contributed by atoms with Gasteiger partial charge in [0.25, 0.3) is 18.4 Å². The molecule has 0 aliphatic carbocycles. The number of hydrogen-bond donors (Lipinski definition) is 7. The minimum atomic E-state index is -1.04. The third-order valence-corrected chi connectivity index (χ3v) is 11.5. The Bertz CT molecular complexity index is 2040. The second-order valence-corrected chi connectivity index (χ2v) is 17.8. The predicted octanol–water partition coefficient (Wildman–Crippen LogP) is 0.0804. The molecular formula is C47H70N9O14+. The van der Waals surface area contributed by atoms with Crippen molar-refractivity contribution >= 4 is 58.9 Å². The number of anilines is 1. The van der Waals surface area contributed by atoms with Crippen molar-refractivity contribution in [2.45, 2.75) is 103 Å².